The van der Waals surface area contributed by atoms with E-state index < -0.39 is 17.2 Å². The first-order valence-corrected chi connectivity index (χ1v) is 6.34. The monoisotopic (exact) mass is 280 g/mol. The summed E-state index contributed by atoms with van der Waals surface area (Å²) in [7, 11) is 1.57. The summed E-state index contributed by atoms with van der Waals surface area (Å²) in [5.41, 5.74) is -0.547. The highest BCUT2D eigenvalue weighted by Crippen LogP contribution is 2.11. The first kappa shape index (κ1) is 13.2. The number of aryl methyl sites for hydroxylation is 1. The van der Waals surface area contributed by atoms with E-state index in [1.807, 2.05) is 17.3 Å². The van der Waals surface area contributed by atoms with E-state index in [0.29, 0.717) is 6.54 Å². The van der Waals surface area contributed by atoms with Gasteiger partial charge in [-0.3, -0.25) is 14.6 Å². The number of rotatable bonds is 3. The fourth-order valence-electron chi connectivity index (χ4n) is 1.52. The zero-order valence-corrected chi connectivity index (χ0v) is 11.2. The largest absolute Gasteiger partial charge is 0.335 e. The average molecular weight is 280 g/mol. The van der Waals surface area contributed by atoms with E-state index in [0.717, 1.165) is 16.9 Å². The molecule has 0 fully saturated rings. The van der Waals surface area contributed by atoms with Gasteiger partial charge < -0.3 is 9.88 Å². The van der Waals surface area contributed by atoms with E-state index in [4.69, 9.17) is 0 Å². The fraction of sp³-hybridized carbons (Fsp3) is 0.273. The molecule has 0 aliphatic carbocycles. The maximum atomic E-state index is 12.0. The van der Waals surface area contributed by atoms with Crippen LogP contribution in [0.15, 0.2) is 21.2 Å². The lowest BCUT2D eigenvalue weighted by Gasteiger charge is -2.14. The Kier molecular flexibility index (Phi) is 3.61. The molecule has 2 heterocycles. The summed E-state index contributed by atoms with van der Waals surface area (Å²) >= 11 is 1.45. The van der Waals surface area contributed by atoms with Crippen molar-refractivity contribution in [1.82, 2.24) is 19.9 Å². The molecule has 1 amide bonds. The zero-order valence-electron chi connectivity index (χ0n) is 10.4. The Labute approximate surface area is 111 Å². The minimum Gasteiger partial charge on any atom is -0.335 e. The van der Waals surface area contributed by atoms with Crippen LogP contribution in [0.25, 0.3) is 0 Å². The van der Waals surface area contributed by atoms with Gasteiger partial charge in [-0.25, -0.2) is 9.78 Å². The molecular formula is C11H12N4O3S. The second-order valence-corrected chi connectivity index (χ2v) is 4.97. The van der Waals surface area contributed by atoms with Crippen molar-refractivity contribution in [3.05, 3.63) is 48.7 Å². The number of hydrogen-bond acceptors (Lipinski definition) is 5. The van der Waals surface area contributed by atoms with Crippen molar-refractivity contribution in [2.45, 2.75) is 13.5 Å². The summed E-state index contributed by atoms with van der Waals surface area (Å²) < 4.78 is 0. The summed E-state index contributed by atoms with van der Waals surface area (Å²) in [5.74, 6) is -0.467. The van der Waals surface area contributed by atoms with Crippen LogP contribution in [-0.2, 0) is 6.54 Å². The third kappa shape index (κ3) is 2.97. The average Bonchev–Trinajstić information content (AvgIpc) is 2.74. The van der Waals surface area contributed by atoms with Crippen LogP contribution < -0.4 is 11.2 Å². The Morgan fingerprint density at radius 2 is 2.21 bits per heavy atom. The molecule has 0 radical (unpaired) electrons. The lowest BCUT2D eigenvalue weighted by atomic mass is 10.3. The molecule has 0 unspecified atom stereocenters. The summed E-state index contributed by atoms with van der Waals surface area (Å²) in [6, 6.07) is 0. The molecule has 100 valence electrons. The SMILES string of the molecule is Cc1csc(CN(C)C(=O)c2c[nH]c(=O)[nH]c2=O)n1. The van der Waals surface area contributed by atoms with Crippen LogP contribution in [0, 0.1) is 6.92 Å². The van der Waals surface area contributed by atoms with Crippen molar-refractivity contribution in [3.63, 3.8) is 0 Å². The molecule has 2 aromatic heterocycles. The van der Waals surface area contributed by atoms with Gasteiger partial charge in [0.05, 0.1) is 6.54 Å². The summed E-state index contributed by atoms with van der Waals surface area (Å²) in [6.07, 6.45) is 1.12. The molecule has 2 N–H and O–H groups in total. The Hall–Kier alpha value is -2.22. The molecule has 0 atom stereocenters. The van der Waals surface area contributed by atoms with Gasteiger partial charge in [-0.05, 0) is 6.92 Å². The van der Waals surface area contributed by atoms with Gasteiger partial charge in [0.2, 0.25) is 0 Å². The van der Waals surface area contributed by atoms with Crippen molar-refractivity contribution in [1.29, 1.82) is 0 Å². The Bertz CT molecular complexity index is 715. The van der Waals surface area contributed by atoms with Crippen molar-refractivity contribution in [3.8, 4) is 0 Å². The quantitative estimate of drug-likeness (QED) is 0.833. The van der Waals surface area contributed by atoms with Crippen LogP contribution in [0.3, 0.4) is 0 Å². The number of nitrogens with one attached hydrogen (secondary N) is 2. The van der Waals surface area contributed by atoms with Gasteiger partial charge in [0.25, 0.3) is 11.5 Å². The van der Waals surface area contributed by atoms with Gasteiger partial charge in [-0.15, -0.1) is 11.3 Å². The molecule has 0 aromatic carbocycles. The lowest BCUT2D eigenvalue weighted by Crippen LogP contribution is -2.34. The molecular weight excluding hydrogens is 268 g/mol. The highest BCUT2D eigenvalue weighted by molar-refractivity contribution is 7.09. The molecule has 2 rings (SSSR count). The maximum Gasteiger partial charge on any atom is 0.325 e. The molecule has 0 saturated heterocycles. The number of hydrogen-bond donors (Lipinski definition) is 2. The number of aromatic amines is 2. The molecule has 0 bridgehead atoms. The topological polar surface area (TPSA) is 98.9 Å². The third-order valence-corrected chi connectivity index (χ3v) is 3.39. The number of thiazole rings is 1. The van der Waals surface area contributed by atoms with Crippen LogP contribution in [-0.4, -0.2) is 32.8 Å². The summed E-state index contributed by atoms with van der Waals surface area (Å²) in [4.78, 5) is 44.3. The van der Waals surface area contributed by atoms with Gasteiger partial charge in [-0.1, -0.05) is 0 Å². The first-order valence-electron chi connectivity index (χ1n) is 5.46. The van der Waals surface area contributed by atoms with Crippen LogP contribution in [0.2, 0.25) is 0 Å². The van der Waals surface area contributed by atoms with E-state index in [1.165, 1.54) is 16.2 Å². The number of carbonyl (C=O) groups is 1. The molecule has 2 aromatic rings. The van der Waals surface area contributed by atoms with E-state index in [1.54, 1.807) is 7.05 Å². The lowest BCUT2D eigenvalue weighted by molar-refractivity contribution is 0.0782. The van der Waals surface area contributed by atoms with Crippen LogP contribution in [0.1, 0.15) is 21.1 Å². The van der Waals surface area contributed by atoms with Gasteiger partial charge >= 0.3 is 5.69 Å². The molecule has 7 nitrogen and oxygen atoms in total. The second-order valence-electron chi connectivity index (χ2n) is 4.03. The molecule has 0 aliphatic rings. The van der Waals surface area contributed by atoms with E-state index >= 15 is 0 Å². The smallest absolute Gasteiger partial charge is 0.325 e. The molecule has 8 heteroatoms. The third-order valence-electron chi connectivity index (χ3n) is 2.44. The van der Waals surface area contributed by atoms with Crippen LogP contribution in [0.4, 0.5) is 0 Å². The Balaban J connectivity index is 2.19. The van der Waals surface area contributed by atoms with Gasteiger partial charge in [0.15, 0.2) is 0 Å². The van der Waals surface area contributed by atoms with E-state index in [2.05, 4.69) is 9.97 Å². The Morgan fingerprint density at radius 3 is 2.79 bits per heavy atom. The van der Waals surface area contributed by atoms with Crippen molar-refractivity contribution >= 4 is 17.2 Å². The first-order chi connectivity index (χ1) is 8.97. The number of nitrogens with zero attached hydrogens (tertiary/aromatic N) is 2. The minimum absolute atomic E-state index is 0.102. The van der Waals surface area contributed by atoms with Gasteiger partial charge in [-0.2, -0.15) is 0 Å². The Morgan fingerprint density at radius 1 is 1.47 bits per heavy atom. The second kappa shape index (κ2) is 5.19. The number of amides is 1. The molecule has 0 spiro atoms. The van der Waals surface area contributed by atoms with Crippen LogP contribution >= 0.6 is 11.3 Å². The highest BCUT2D eigenvalue weighted by Gasteiger charge is 2.17. The van der Waals surface area contributed by atoms with Crippen LogP contribution in [0.5, 0.6) is 0 Å². The van der Waals surface area contributed by atoms with E-state index in [9.17, 15) is 14.4 Å². The predicted octanol–water partition coefficient (Wildman–Crippen LogP) is 0.100. The highest BCUT2D eigenvalue weighted by atomic mass is 32.1. The van der Waals surface area contributed by atoms with Crippen molar-refractivity contribution in [2.75, 3.05) is 7.05 Å². The van der Waals surface area contributed by atoms with Crippen molar-refractivity contribution < 1.29 is 4.79 Å². The van der Waals surface area contributed by atoms with Gasteiger partial charge in [0.1, 0.15) is 10.6 Å². The predicted molar refractivity (Wildman–Crippen MR) is 70.3 cm³/mol. The van der Waals surface area contributed by atoms with Crippen molar-refractivity contribution in [2.24, 2.45) is 0 Å². The normalized spacial score (nSPS) is 10.4. The standard InChI is InChI=1S/C11H12N4O3S/c1-6-5-19-8(13-6)4-15(2)10(17)7-3-12-11(18)14-9(7)16/h3,5H,4H2,1-2H3,(H2,12,14,16,18). The molecule has 0 aliphatic heterocycles. The number of aromatic nitrogens is 3. The summed E-state index contributed by atoms with van der Waals surface area (Å²) in [6.45, 7) is 2.18. The van der Waals surface area contributed by atoms with E-state index in [-0.39, 0.29) is 5.56 Å². The van der Waals surface area contributed by atoms with Gasteiger partial charge in [0, 0.05) is 24.3 Å². The number of carbonyl (C=O) groups excluding carboxylic acids is 1. The number of H-pyrrole nitrogens is 2. The minimum atomic E-state index is -0.698. The summed E-state index contributed by atoms with van der Waals surface area (Å²) in [5, 5.41) is 2.68. The molecule has 19 heavy (non-hydrogen) atoms. The maximum absolute atomic E-state index is 12.0. The molecule has 0 saturated carbocycles. The zero-order chi connectivity index (χ0) is 14.0. The fourth-order valence-corrected chi connectivity index (χ4v) is 2.35.